The SMILES string of the molecule is Cc1cc(C)cc(CCC(CO)CO)c1. The van der Waals surface area contributed by atoms with E-state index in [4.69, 9.17) is 10.2 Å². The van der Waals surface area contributed by atoms with Crippen LogP contribution in [-0.4, -0.2) is 23.4 Å². The zero-order chi connectivity index (χ0) is 11.3. The van der Waals surface area contributed by atoms with Crippen molar-refractivity contribution in [1.29, 1.82) is 0 Å². The summed E-state index contributed by atoms with van der Waals surface area (Å²) in [5.41, 5.74) is 3.84. The summed E-state index contributed by atoms with van der Waals surface area (Å²) in [5.74, 6) is 0.0193. The van der Waals surface area contributed by atoms with Crippen LogP contribution in [0.2, 0.25) is 0 Å². The zero-order valence-corrected chi connectivity index (χ0v) is 9.53. The number of hydrogen-bond donors (Lipinski definition) is 2. The molecule has 0 atom stereocenters. The number of benzene rings is 1. The molecule has 0 aromatic heterocycles. The molecule has 0 aliphatic heterocycles. The molecular weight excluding hydrogens is 188 g/mol. The molecule has 15 heavy (non-hydrogen) atoms. The van der Waals surface area contributed by atoms with Crippen LogP contribution in [0.25, 0.3) is 0 Å². The van der Waals surface area contributed by atoms with Gasteiger partial charge in [0.25, 0.3) is 0 Å². The Morgan fingerprint density at radius 2 is 1.53 bits per heavy atom. The first-order valence-electron chi connectivity index (χ1n) is 5.44. The molecule has 0 saturated carbocycles. The van der Waals surface area contributed by atoms with E-state index in [0.29, 0.717) is 0 Å². The van der Waals surface area contributed by atoms with E-state index in [1.165, 1.54) is 16.7 Å². The quantitative estimate of drug-likeness (QED) is 0.775. The summed E-state index contributed by atoms with van der Waals surface area (Å²) in [5, 5.41) is 17.9. The van der Waals surface area contributed by atoms with Crippen LogP contribution in [0, 0.1) is 19.8 Å². The number of rotatable bonds is 5. The van der Waals surface area contributed by atoms with Gasteiger partial charge in [-0.3, -0.25) is 0 Å². The average Bonchev–Trinajstić information content (AvgIpc) is 2.18. The summed E-state index contributed by atoms with van der Waals surface area (Å²) in [4.78, 5) is 0. The third-order valence-corrected chi connectivity index (χ3v) is 2.64. The Hall–Kier alpha value is -0.860. The summed E-state index contributed by atoms with van der Waals surface area (Å²) in [6, 6.07) is 6.48. The van der Waals surface area contributed by atoms with Crippen LogP contribution in [0.3, 0.4) is 0 Å². The summed E-state index contributed by atoms with van der Waals surface area (Å²) in [6.07, 6.45) is 1.77. The lowest BCUT2D eigenvalue weighted by atomic mass is 9.98. The minimum Gasteiger partial charge on any atom is -0.396 e. The average molecular weight is 208 g/mol. The Balaban J connectivity index is 2.57. The van der Waals surface area contributed by atoms with E-state index >= 15 is 0 Å². The van der Waals surface area contributed by atoms with Gasteiger partial charge in [-0.1, -0.05) is 29.3 Å². The van der Waals surface area contributed by atoms with Crippen LogP contribution in [-0.2, 0) is 6.42 Å². The van der Waals surface area contributed by atoms with Gasteiger partial charge in [0.2, 0.25) is 0 Å². The second-order valence-corrected chi connectivity index (χ2v) is 4.27. The van der Waals surface area contributed by atoms with Gasteiger partial charge in [0.05, 0.1) is 0 Å². The molecule has 0 heterocycles. The molecule has 2 N–H and O–H groups in total. The van der Waals surface area contributed by atoms with Gasteiger partial charge in [0.1, 0.15) is 0 Å². The largest absolute Gasteiger partial charge is 0.396 e. The molecule has 0 radical (unpaired) electrons. The van der Waals surface area contributed by atoms with Crippen LogP contribution in [0.4, 0.5) is 0 Å². The molecule has 0 saturated heterocycles. The van der Waals surface area contributed by atoms with Crippen molar-refractivity contribution in [2.75, 3.05) is 13.2 Å². The van der Waals surface area contributed by atoms with Gasteiger partial charge in [-0.2, -0.15) is 0 Å². The third-order valence-electron chi connectivity index (χ3n) is 2.64. The molecule has 1 aromatic carbocycles. The van der Waals surface area contributed by atoms with Gasteiger partial charge in [0.15, 0.2) is 0 Å². The van der Waals surface area contributed by atoms with Crippen LogP contribution in [0.15, 0.2) is 18.2 Å². The second-order valence-electron chi connectivity index (χ2n) is 4.27. The summed E-state index contributed by atoms with van der Waals surface area (Å²) >= 11 is 0. The van der Waals surface area contributed by atoms with E-state index < -0.39 is 0 Å². The highest BCUT2D eigenvalue weighted by Crippen LogP contribution is 2.13. The van der Waals surface area contributed by atoms with Crippen molar-refractivity contribution < 1.29 is 10.2 Å². The highest BCUT2D eigenvalue weighted by Gasteiger charge is 2.06. The topological polar surface area (TPSA) is 40.5 Å². The van der Waals surface area contributed by atoms with E-state index in [2.05, 4.69) is 32.0 Å². The van der Waals surface area contributed by atoms with E-state index in [0.717, 1.165) is 12.8 Å². The molecule has 0 fully saturated rings. The fourth-order valence-corrected chi connectivity index (χ4v) is 1.82. The van der Waals surface area contributed by atoms with Crippen LogP contribution in [0.1, 0.15) is 23.1 Å². The Labute approximate surface area is 91.6 Å². The molecular formula is C13H20O2. The lowest BCUT2D eigenvalue weighted by Gasteiger charge is -2.11. The molecule has 84 valence electrons. The van der Waals surface area contributed by atoms with Crippen molar-refractivity contribution in [3.05, 3.63) is 34.9 Å². The van der Waals surface area contributed by atoms with E-state index in [1.54, 1.807) is 0 Å². The standard InChI is InChI=1S/C13H20O2/c1-10-5-11(2)7-12(6-10)3-4-13(8-14)9-15/h5-7,13-15H,3-4,8-9H2,1-2H3. The lowest BCUT2D eigenvalue weighted by molar-refractivity contribution is 0.144. The Kier molecular flexibility index (Phi) is 4.79. The summed E-state index contributed by atoms with van der Waals surface area (Å²) in [7, 11) is 0. The molecule has 2 nitrogen and oxygen atoms in total. The molecule has 0 bridgehead atoms. The summed E-state index contributed by atoms with van der Waals surface area (Å²) < 4.78 is 0. The fourth-order valence-electron chi connectivity index (χ4n) is 1.82. The highest BCUT2D eigenvalue weighted by molar-refractivity contribution is 5.28. The number of aryl methyl sites for hydroxylation is 3. The zero-order valence-electron chi connectivity index (χ0n) is 9.53. The Morgan fingerprint density at radius 1 is 1.00 bits per heavy atom. The summed E-state index contributed by atoms with van der Waals surface area (Å²) in [6.45, 7) is 4.32. The van der Waals surface area contributed by atoms with Crippen molar-refractivity contribution >= 4 is 0 Å². The van der Waals surface area contributed by atoms with Crippen LogP contribution < -0.4 is 0 Å². The van der Waals surface area contributed by atoms with E-state index in [-0.39, 0.29) is 19.1 Å². The molecule has 0 unspecified atom stereocenters. The maximum absolute atomic E-state index is 8.95. The van der Waals surface area contributed by atoms with Crippen molar-refractivity contribution in [2.45, 2.75) is 26.7 Å². The first-order chi connectivity index (χ1) is 7.15. The van der Waals surface area contributed by atoms with Crippen molar-refractivity contribution in [3.63, 3.8) is 0 Å². The molecule has 0 amide bonds. The molecule has 2 heteroatoms. The predicted molar refractivity (Wildman–Crippen MR) is 61.9 cm³/mol. The van der Waals surface area contributed by atoms with Gasteiger partial charge < -0.3 is 10.2 Å². The number of hydrogen-bond acceptors (Lipinski definition) is 2. The van der Waals surface area contributed by atoms with Crippen molar-refractivity contribution in [2.24, 2.45) is 5.92 Å². The molecule has 1 aromatic rings. The first-order valence-corrected chi connectivity index (χ1v) is 5.44. The van der Waals surface area contributed by atoms with E-state index in [1.807, 2.05) is 0 Å². The normalized spacial score (nSPS) is 11.0. The lowest BCUT2D eigenvalue weighted by Crippen LogP contribution is -2.11. The van der Waals surface area contributed by atoms with Gasteiger partial charge in [-0.05, 0) is 32.3 Å². The van der Waals surface area contributed by atoms with Crippen LogP contribution in [0.5, 0.6) is 0 Å². The first kappa shape index (κ1) is 12.2. The maximum Gasteiger partial charge on any atom is 0.0481 e. The highest BCUT2D eigenvalue weighted by atomic mass is 16.3. The van der Waals surface area contributed by atoms with Crippen LogP contribution >= 0.6 is 0 Å². The number of aliphatic hydroxyl groups excluding tert-OH is 2. The Bertz CT molecular complexity index is 283. The third kappa shape index (κ3) is 4.02. The minimum atomic E-state index is 0.0193. The van der Waals surface area contributed by atoms with Gasteiger partial charge in [-0.25, -0.2) is 0 Å². The van der Waals surface area contributed by atoms with Gasteiger partial charge in [0, 0.05) is 19.1 Å². The van der Waals surface area contributed by atoms with Gasteiger partial charge in [-0.15, -0.1) is 0 Å². The number of aliphatic hydroxyl groups is 2. The fraction of sp³-hybridized carbons (Fsp3) is 0.538. The molecule has 0 spiro atoms. The van der Waals surface area contributed by atoms with Gasteiger partial charge >= 0.3 is 0 Å². The Morgan fingerprint density at radius 3 is 2.00 bits per heavy atom. The monoisotopic (exact) mass is 208 g/mol. The minimum absolute atomic E-state index is 0.0193. The van der Waals surface area contributed by atoms with E-state index in [9.17, 15) is 0 Å². The maximum atomic E-state index is 8.95. The molecule has 0 aliphatic carbocycles. The predicted octanol–water partition coefficient (Wildman–Crippen LogP) is 1.84. The van der Waals surface area contributed by atoms with Crippen molar-refractivity contribution in [1.82, 2.24) is 0 Å². The smallest absolute Gasteiger partial charge is 0.0481 e. The molecule has 1 rings (SSSR count). The molecule has 0 aliphatic rings. The second kappa shape index (κ2) is 5.89. The van der Waals surface area contributed by atoms with Crippen molar-refractivity contribution in [3.8, 4) is 0 Å².